The van der Waals surface area contributed by atoms with E-state index in [0.29, 0.717) is 11.9 Å². The molecule has 0 saturated carbocycles. The van der Waals surface area contributed by atoms with E-state index in [1.165, 1.54) is 12.8 Å². The summed E-state index contributed by atoms with van der Waals surface area (Å²) < 4.78 is 1.83. The number of aromatic nitrogens is 4. The van der Waals surface area contributed by atoms with Gasteiger partial charge in [0.1, 0.15) is 0 Å². The Balaban J connectivity index is 2.43. The molecule has 0 spiro atoms. The second-order valence-corrected chi connectivity index (χ2v) is 4.61. The molecular weight excluding hydrogens is 212 g/mol. The van der Waals surface area contributed by atoms with Crippen LogP contribution in [0.5, 0.6) is 0 Å². The van der Waals surface area contributed by atoms with Crippen LogP contribution in [0, 0.1) is 5.92 Å². The molecule has 0 fully saturated rings. The number of hydrogen-bond acceptors (Lipinski definition) is 3. The van der Waals surface area contributed by atoms with Crippen LogP contribution in [0.3, 0.4) is 0 Å². The van der Waals surface area contributed by atoms with E-state index < -0.39 is 0 Å². The summed E-state index contributed by atoms with van der Waals surface area (Å²) in [5, 5.41) is 11.5. The summed E-state index contributed by atoms with van der Waals surface area (Å²) in [5.74, 6) is 1.90. The summed E-state index contributed by atoms with van der Waals surface area (Å²) in [4.78, 5) is 0. The quantitative estimate of drug-likeness (QED) is 0.706. The number of nitrogens with zero attached hydrogens (tertiary/aromatic N) is 4. The number of hydrogen-bond donors (Lipinski definition) is 0. The highest BCUT2D eigenvalue weighted by Gasteiger charge is 2.11. The Hall–Kier alpha value is -0.640. The third kappa shape index (κ3) is 3.78. The number of tetrazole rings is 1. The van der Waals surface area contributed by atoms with Gasteiger partial charge < -0.3 is 0 Å². The van der Waals surface area contributed by atoms with Crippen LogP contribution in [0.15, 0.2) is 0 Å². The molecule has 1 rings (SSSR count). The Bertz CT molecular complexity index is 285. The summed E-state index contributed by atoms with van der Waals surface area (Å²) in [6, 6.07) is 0.340. The summed E-state index contributed by atoms with van der Waals surface area (Å²) >= 11 is 5.74. The van der Waals surface area contributed by atoms with Crippen molar-refractivity contribution in [2.24, 2.45) is 5.92 Å². The van der Waals surface area contributed by atoms with Gasteiger partial charge >= 0.3 is 0 Å². The maximum atomic E-state index is 5.74. The Morgan fingerprint density at radius 3 is 2.60 bits per heavy atom. The van der Waals surface area contributed by atoms with Crippen LogP contribution in [0.4, 0.5) is 0 Å². The van der Waals surface area contributed by atoms with Gasteiger partial charge in [-0.1, -0.05) is 26.7 Å². The highest BCUT2D eigenvalue weighted by atomic mass is 35.5. The van der Waals surface area contributed by atoms with Crippen LogP contribution in [0.1, 0.15) is 51.9 Å². The lowest BCUT2D eigenvalue weighted by atomic mass is 10.0. The number of alkyl halides is 1. The summed E-state index contributed by atoms with van der Waals surface area (Å²) in [5.41, 5.74) is 0. The molecule has 0 saturated heterocycles. The molecule has 1 heterocycles. The monoisotopic (exact) mass is 230 g/mol. The standard InChI is InChI=1S/C10H19ClN4/c1-8(2)5-4-6-9(3)15-10(7-11)12-13-14-15/h8-9H,4-7H2,1-3H3. The van der Waals surface area contributed by atoms with Crippen molar-refractivity contribution in [2.75, 3.05) is 0 Å². The molecule has 0 aromatic carbocycles. The third-order valence-corrected chi connectivity index (χ3v) is 2.74. The lowest BCUT2D eigenvalue weighted by Crippen LogP contribution is -2.10. The molecule has 0 aliphatic heterocycles. The van der Waals surface area contributed by atoms with E-state index in [9.17, 15) is 0 Å². The van der Waals surface area contributed by atoms with Gasteiger partial charge in [-0.2, -0.15) is 0 Å². The van der Waals surface area contributed by atoms with Gasteiger partial charge in [-0.15, -0.1) is 16.7 Å². The second kappa shape index (κ2) is 6.05. The van der Waals surface area contributed by atoms with Crippen molar-refractivity contribution in [2.45, 2.75) is 52.0 Å². The molecule has 0 aliphatic carbocycles. The zero-order chi connectivity index (χ0) is 11.3. The summed E-state index contributed by atoms with van der Waals surface area (Å²) in [6.07, 6.45) is 3.57. The molecule has 1 atom stereocenters. The molecule has 0 N–H and O–H groups in total. The average molecular weight is 231 g/mol. The number of rotatable bonds is 6. The van der Waals surface area contributed by atoms with Crippen molar-refractivity contribution in [3.05, 3.63) is 5.82 Å². The fraction of sp³-hybridized carbons (Fsp3) is 0.900. The molecule has 4 nitrogen and oxygen atoms in total. The Labute approximate surface area is 96.0 Å². The Morgan fingerprint density at radius 2 is 2.00 bits per heavy atom. The van der Waals surface area contributed by atoms with E-state index in [4.69, 9.17) is 11.6 Å². The van der Waals surface area contributed by atoms with E-state index in [0.717, 1.165) is 18.2 Å². The fourth-order valence-electron chi connectivity index (χ4n) is 1.59. The van der Waals surface area contributed by atoms with Gasteiger partial charge in [-0.3, -0.25) is 0 Å². The maximum absolute atomic E-state index is 5.74. The molecule has 15 heavy (non-hydrogen) atoms. The van der Waals surface area contributed by atoms with E-state index in [-0.39, 0.29) is 0 Å². The first kappa shape index (κ1) is 12.4. The highest BCUT2D eigenvalue weighted by Crippen LogP contribution is 2.17. The molecule has 0 radical (unpaired) electrons. The van der Waals surface area contributed by atoms with Gasteiger partial charge in [0.2, 0.25) is 0 Å². The lowest BCUT2D eigenvalue weighted by molar-refractivity contribution is 0.404. The molecular formula is C10H19ClN4. The minimum atomic E-state index is 0.340. The molecule has 1 unspecified atom stereocenters. The van der Waals surface area contributed by atoms with Crippen molar-refractivity contribution >= 4 is 11.6 Å². The van der Waals surface area contributed by atoms with Crippen molar-refractivity contribution in [1.29, 1.82) is 0 Å². The van der Waals surface area contributed by atoms with E-state index in [2.05, 4.69) is 36.3 Å². The minimum Gasteiger partial charge on any atom is -0.226 e. The molecule has 1 aromatic heterocycles. The highest BCUT2D eigenvalue weighted by molar-refractivity contribution is 6.16. The molecule has 0 aliphatic rings. The van der Waals surface area contributed by atoms with Crippen molar-refractivity contribution in [3.63, 3.8) is 0 Å². The smallest absolute Gasteiger partial charge is 0.166 e. The van der Waals surface area contributed by atoms with Gasteiger partial charge in [-0.25, -0.2) is 4.68 Å². The normalized spacial score (nSPS) is 13.4. The minimum absolute atomic E-state index is 0.340. The van der Waals surface area contributed by atoms with Gasteiger partial charge in [0, 0.05) is 0 Å². The van der Waals surface area contributed by atoms with Crippen molar-refractivity contribution in [1.82, 2.24) is 20.2 Å². The zero-order valence-electron chi connectivity index (χ0n) is 9.65. The SMILES string of the molecule is CC(C)CCCC(C)n1nnnc1CCl. The molecule has 5 heteroatoms. The van der Waals surface area contributed by atoms with E-state index in [1.807, 2.05) is 4.68 Å². The van der Waals surface area contributed by atoms with E-state index >= 15 is 0 Å². The van der Waals surface area contributed by atoms with Crippen LogP contribution >= 0.6 is 11.6 Å². The first-order chi connectivity index (χ1) is 7.15. The first-order valence-corrected chi connectivity index (χ1v) is 6.01. The molecule has 0 bridgehead atoms. The van der Waals surface area contributed by atoms with Gasteiger partial charge in [0.15, 0.2) is 5.82 Å². The maximum Gasteiger partial charge on any atom is 0.166 e. The van der Waals surface area contributed by atoms with Crippen LogP contribution < -0.4 is 0 Å². The molecule has 86 valence electrons. The molecule has 0 amide bonds. The lowest BCUT2D eigenvalue weighted by Gasteiger charge is -2.13. The fourth-order valence-corrected chi connectivity index (χ4v) is 1.76. The zero-order valence-corrected chi connectivity index (χ0v) is 10.4. The predicted octanol–water partition coefficient (Wildman–Crippen LogP) is 2.80. The van der Waals surface area contributed by atoms with Crippen LogP contribution in [-0.2, 0) is 5.88 Å². The van der Waals surface area contributed by atoms with Crippen LogP contribution in [-0.4, -0.2) is 20.2 Å². The number of halogens is 1. The Morgan fingerprint density at radius 1 is 1.27 bits per heavy atom. The van der Waals surface area contributed by atoms with Gasteiger partial charge in [0.25, 0.3) is 0 Å². The summed E-state index contributed by atoms with van der Waals surface area (Å²) in [6.45, 7) is 6.62. The van der Waals surface area contributed by atoms with Crippen molar-refractivity contribution in [3.8, 4) is 0 Å². The van der Waals surface area contributed by atoms with Crippen LogP contribution in [0.2, 0.25) is 0 Å². The average Bonchev–Trinajstić information content (AvgIpc) is 2.64. The van der Waals surface area contributed by atoms with Crippen LogP contribution in [0.25, 0.3) is 0 Å². The summed E-state index contributed by atoms with van der Waals surface area (Å²) in [7, 11) is 0. The van der Waals surface area contributed by atoms with E-state index in [1.54, 1.807) is 0 Å². The third-order valence-electron chi connectivity index (χ3n) is 2.50. The Kier molecular flexibility index (Phi) is 5.02. The van der Waals surface area contributed by atoms with Gasteiger partial charge in [0.05, 0.1) is 11.9 Å². The second-order valence-electron chi connectivity index (χ2n) is 4.35. The largest absolute Gasteiger partial charge is 0.226 e. The predicted molar refractivity (Wildman–Crippen MR) is 60.8 cm³/mol. The van der Waals surface area contributed by atoms with Gasteiger partial charge in [-0.05, 0) is 29.7 Å². The first-order valence-electron chi connectivity index (χ1n) is 5.47. The van der Waals surface area contributed by atoms with Crippen molar-refractivity contribution < 1.29 is 0 Å². The molecule has 1 aromatic rings. The topological polar surface area (TPSA) is 43.6 Å².